The summed E-state index contributed by atoms with van der Waals surface area (Å²) in [5, 5.41) is 0.115. The van der Waals surface area contributed by atoms with Gasteiger partial charge in [0.2, 0.25) is 0 Å². The Balaban J connectivity index is 1.84. The van der Waals surface area contributed by atoms with Crippen molar-refractivity contribution < 1.29 is 8.81 Å². The number of hydrogen-bond donors (Lipinski definition) is 0. The summed E-state index contributed by atoms with van der Waals surface area (Å²) in [6.45, 7) is 0. The minimum absolute atomic E-state index is 0.0336. The van der Waals surface area contributed by atoms with Crippen LogP contribution in [0.2, 0.25) is 5.02 Å². The number of oxazole rings is 1. The monoisotopic (exact) mass is 353 g/mol. The molecule has 0 saturated carbocycles. The lowest BCUT2D eigenvalue weighted by atomic mass is 10.1. The number of para-hydroxylation sites is 2. The van der Waals surface area contributed by atoms with E-state index in [1.54, 1.807) is 12.1 Å². The van der Waals surface area contributed by atoms with Crippen molar-refractivity contribution in [1.29, 1.82) is 0 Å². The van der Waals surface area contributed by atoms with Gasteiger partial charge in [0, 0.05) is 11.2 Å². The van der Waals surface area contributed by atoms with Crippen LogP contribution in [0.1, 0.15) is 16.3 Å². The first kappa shape index (κ1) is 13.6. The average Bonchev–Trinajstić information content (AvgIpc) is 2.83. The third-order valence-electron chi connectivity index (χ3n) is 3.00. The van der Waals surface area contributed by atoms with Crippen LogP contribution in [0.3, 0.4) is 0 Å². The predicted molar refractivity (Wildman–Crippen MR) is 80.8 cm³/mol. The van der Waals surface area contributed by atoms with Gasteiger partial charge in [-0.15, -0.1) is 0 Å². The van der Waals surface area contributed by atoms with Crippen molar-refractivity contribution in [1.82, 2.24) is 4.98 Å². The van der Waals surface area contributed by atoms with Crippen LogP contribution in [0.15, 0.2) is 46.9 Å². The summed E-state index contributed by atoms with van der Waals surface area (Å²) in [7, 11) is 0. The summed E-state index contributed by atoms with van der Waals surface area (Å²) in [4.78, 5) is 4.38. The molecule has 0 N–H and O–H groups in total. The lowest BCUT2D eigenvalue weighted by Crippen LogP contribution is -1.96. The van der Waals surface area contributed by atoms with Crippen molar-refractivity contribution in [3.63, 3.8) is 0 Å². The van der Waals surface area contributed by atoms with Crippen molar-refractivity contribution in [2.24, 2.45) is 0 Å². The lowest BCUT2D eigenvalue weighted by molar-refractivity contribution is 0.527. The van der Waals surface area contributed by atoms with Crippen LogP contribution in [0, 0.1) is 5.82 Å². The zero-order chi connectivity index (χ0) is 14.1. The van der Waals surface area contributed by atoms with Gasteiger partial charge >= 0.3 is 0 Å². The molecule has 1 unspecified atom stereocenters. The molecule has 0 saturated heterocycles. The summed E-state index contributed by atoms with van der Waals surface area (Å²) in [6.07, 6.45) is 0.566. The first-order chi connectivity index (χ1) is 9.63. The molecule has 1 aromatic heterocycles. The van der Waals surface area contributed by atoms with Gasteiger partial charge in [0.25, 0.3) is 0 Å². The van der Waals surface area contributed by atoms with E-state index in [1.165, 1.54) is 6.07 Å². The second-order valence-corrected chi connectivity index (χ2v) is 5.93. The Morgan fingerprint density at radius 2 is 2.05 bits per heavy atom. The number of benzene rings is 2. The first-order valence-corrected chi connectivity index (χ1v) is 7.36. The van der Waals surface area contributed by atoms with Crippen LogP contribution in [-0.4, -0.2) is 4.98 Å². The number of rotatable bonds is 3. The van der Waals surface area contributed by atoms with Crippen molar-refractivity contribution >= 4 is 38.6 Å². The highest BCUT2D eigenvalue weighted by Crippen LogP contribution is 2.30. The van der Waals surface area contributed by atoms with Gasteiger partial charge in [-0.25, -0.2) is 9.37 Å². The number of fused-ring (bicyclic) bond motifs is 1. The molecule has 0 aliphatic carbocycles. The molecule has 0 spiro atoms. The van der Waals surface area contributed by atoms with Crippen LogP contribution in [-0.2, 0) is 6.42 Å². The maximum absolute atomic E-state index is 13.2. The second kappa shape index (κ2) is 5.54. The van der Waals surface area contributed by atoms with Crippen molar-refractivity contribution in [2.45, 2.75) is 11.2 Å². The van der Waals surface area contributed by atoms with E-state index in [9.17, 15) is 4.39 Å². The summed E-state index contributed by atoms with van der Waals surface area (Å²) >= 11 is 9.35. The van der Waals surface area contributed by atoms with E-state index in [0.29, 0.717) is 12.3 Å². The third kappa shape index (κ3) is 2.72. The van der Waals surface area contributed by atoms with Gasteiger partial charge in [0.1, 0.15) is 11.3 Å². The fraction of sp³-hybridized carbons (Fsp3) is 0.133. The van der Waals surface area contributed by atoms with E-state index in [0.717, 1.165) is 16.7 Å². The van der Waals surface area contributed by atoms with Gasteiger partial charge in [-0.05, 0) is 29.8 Å². The van der Waals surface area contributed by atoms with Gasteiger partial charge in [0.05, 0.1) is 5.02 Å². The molecule has 102 valence electrons. The molecule has 2 aromatic carbocycles. The SMILES string of the molecule is Fc1ccc(C(Br)Cc2nc3ccccc3o2)cc1Cl. The van der Waals surface area contributed by atoms with Crippen LogP contribution >= 0.6 is 27.5 Å². The molecule has 0 aliphatic rings. The predicted octanol–water partition coefficient (Wildman–Crippen LogP) is 5.30. The van der Waals surface area contributed by atoms with Crippen molar-refractivity contribution in [3.05, 3.63) is 64.8 Å². The quantitative estimate of drug-likeness (QED) is 0.597. The van der Waals surface area contributed by atoms with E-state index in [2.05, 4.69) is 20.9 Å². The fourth-order valence-corrected chi connectivity index (χ4v) is 2.74. The van der Waals surface area contributed by atoms with Gasteiger partial charge < -0.3 is 4.42 Å². The first-order valence-electron chi connectivity index (χ1n) is 6.07. The average molecular weight is 355 g/mol. The Kier molecular flexibility index (Phi) is 3.76. The molecular weight excluding hydrogens is 345 g/mol. The highest BCUT2D eigenvalue weighted by atomic mass is 79.9. The molecule has 0 bridgehead atoms. The smallest absolute Gasteiger partial charge is 0.196 e. The summed E-state index contributed by atoms with van der Waals surface area (Å²) in [6, 6.07) is 12.3. The molecule has 1 heterocycles. The Hall–Kier alpha value is -1.39. The molecule has 0 radical (unpaired) electrons. The van der Waals surface area contributed by atoms with E-state index >= 15 is 0 Å². The topological polar surface area (TPSA) is 26.0 Å². The lowest BCUT2D eigenvalue weighted by Gasteiger charge is -2.08. The molecule has 0 fully saturated rings. The highest BCUT2D eigenvalue weighted by molar-refractivity contribution is 9.09. The molecular formula is C15H10BrClFNO. The Morgan fingerprint density at radius 1 is 1.25 bits per heavy atom. The minimum atomic E-state index is -0.419. The summed E-state index contributed by atoms with van der Waals surface area (Å²) in [5.74, 6) is 0.213. The Bertz CT molecular complexity index is 725. The molecule has 2 nitrogen and oxygen atoms in total. The second-order valence-electron chi connectivity index (χ2n) is 4.42. The largest absolute Gasteiger partial charge is 0.441 e. The van der Waals surface area contributed by atoms with Crippen molar-refractivity contribution in [2.75, 3.05) is 0 Å². The third-order valence-corrected chi connectivity index (χ3v) is 4.14. The van der Waals surface area contributed by atoms with E-state index in [1.807, 2.05) is 24.3 Å². The Labute approximate surface area is 128 Å². The number of aromatic nitrogens is 1. The van der Waals surface area contributed by atoms with E-state index in [-0.39, 0.29) is 9.85 Å². The van der Waals surface area contributed by atoms with Crippen LogP contribution in [0.5, 0.6) is 0 Å². The normalized spacial score (nSPS) is 12.8. The fourth-order valence-electron chi connectivity index (χ4n) is 1.99. The van der Waals surface area contributed by atoms with Crippen LogP contribution in [0.25, 0.3) is 11.1 Å². The van der Waals surface area contributed by atoms with Crippen molar-refractivity contribution in [3.8, 4) is 0 Å². The van der Waals surface area contributed by atoms with Gasteiger partial charge in [0.15, 0.2) is 11.5 Å². The molecule has 20 heavy (non-hydrogen) atoms. The van der Waals surface area contributed by atoms with Gasteiger partial charge in [-0.3, -0.25) is 0 Å². The molecule has 3 aromatic rings. The van der Waals surface area contributed by atoms with Gasteiger partial charge in [-0.2, -0.15) is 0 Å². The number of halogens is 3. The van der Waals surface area contributed by atoms with Crippen LogP contribution in [0.4, 0.5) is 4.39 Å². The van der Waals surface area contributed by atoms with Gasteiger partial charge in [-0.1, -0.05) is 45.7 Å². The zero-order valence-corrected chi connectivity index (χ0v) is 12.7. The number of nitrogens with zero attached hydrogens (tertiary/aromatic N) is 1. The van der Waals surface area contributed by atoms with Crippen LogP contribution < -0.4 is 0 Å². The Morgan fingerprint density at radius 3 is 2.80 bits per heavy atom. The zero-order valence-electron chi connectivity index (χ0n) is 10.3. The maximum Gasteiger partial charge on any atom is 0.196 e. The molecule has 1 atom stereocenters. The summed E-state index contributed by atoms with van der Waals surface area (Å²) in [5.41, 5.74) is 2.48. The standard InChI is InChI=1S/C15H10BrClFNO/c16-10(9-5-6-12(18)11(17)7-9)8-15-19-13-3-1-2-4-14(13)20-15/h1-7,10H,8H2. The number of hydrogen-bond acceptors (Lipinski definition) is 2. The molecule has 0 amide bonds. The number of alkyl halides is 1. The summed E-state index contributed by atoms with van der Waals surface area (Å²) < 4.78 is 18.8. The van der Waals surface area contributed by atoms with E-state index in [4.69, 9.17) is 16.0 Å². The molecule has 0 aliphatic heterocycles. The molecule has 5 heteroatoms. The molecule has 3 rings (SSSR count). The highest BCUT2D eigenvalue weighted by Gasteiger charge is 2.14. The minimum Gasteiger partial charge on any atom is -0.441 e. The maximum atomic E-state index is 13.2. The van der Waals surface area contributed by atoms with E-state index < -0.39 is 5.82 Å².